The average Bonchev–Trinajstić information content (AvgIpc) is 2.05. The van der Waals surface area contributed by atoms with Gasteiger partial charge < -0.3 is 15.4 Å². The van der Waals surface area contributed by atoms with Gasteiger partial charge >= 0.3 is 7.12 Å². The third-order valence-electron chi connectivity index (χ3n) is 1.83. The van der Waals surface area contributed by atoms with E-state index in [9.17, 15) is 0 Å². The summed E-state index contributed by atoms with van der Waals surface area (Å²) in [5.74, 6) is 0. The molecule has 0 fully saturated rings. The normalized spacial score (nSPS) is 9.67. The van der Waals surface area contributed by atoms with E-state index in [0.717, 1.165) is 11.3 Å². The molecule has 0 radical (unpaired) electrons. The quantitative estimate of drug-likeness (QED) is 0.528. The van der Waals surface area contributed by atoms with Gasteiger partial charge in [0.05, 0.1) is 0 Å². The van der Waals surface area contributed by atoms with Gasteiger partial charge in [0.1, 0.15) is 0 Å². The summed E-state index contributed by atoms with van der Waals surface area (Å²) in [5, 5.41) is 20.7. The molecular formula is C8H12BNO2. The van der Waals surface area contributed by atoms with E-state index in [4.69, 9.17) is 10.0 Å². The van der Waals surface area contributed by atoms with Gasteiger partial charge in [-0.25, -0.2) is 0 Å². The molecule has 0 spiro atoms. The summed E-state index contributed by atoms with van der Waals surface area (Å²) in [7, 11) is 0.410. The van der Waals surface area contributed by atoms with Crippen molar-refractivity contribution in [3.63, 3.8) is 0 Å². The molecule has 1 aromatic rings. The number of nitrogens with one attached hydrogen (secondary N) is 1. The van der Waals surface area contributed by atoms with Crippen LogP contribution in [0.1, 0.15) is 5.56 Å². The zero-order chi connectivity index (χ0) is 9.14. The molecule has 0 aliphatic rings. The van der Waals surface area contributed by atoms with Gasteiger partial charge in [0, 0.05) is 12.7 Å². The van der Waals surface area contributed by atoms with Gasteiger partial charge in [0.2, 0.25) is 0 Å². The highest BCUT2D eigenvalue weighted by atomic mass is 16.4. The molecule has 4 heteroatoms. The minimum Gasteiger partial charge on any atom is -0.423 e. The third kappa shape index (κ3) is 1.78. The molecule has 1 aromatic carbocycles. The van der Waals surface area contributed by atoms with Crippen LogP contribution in [0, 0.1) is 6.92 Å². The van der Waals surface area contributed by atoms with E-state index in [1.165, 1.54) is 0 Å². The Morgan fingerprint density at radius 1 is 1.33 bits per heavy atom. The maximum Gasteiger partial charge on any atom is 0.488 e. The molecule has 3 N–H and O–H groups in total. The van der Waals surface area contributed by atoms with Gasteiger partial charge in [-0.2, -0.15) is 0 Å². The third-order valence-corrected chi connectivity index (χ3v) is 1.83. The fourth-order valence-corrected chi connectivity index (χ4v) is 1.07. The van der Waals surface area contributed by atoms with Gasteiger partial charge in [0.15, 0.2) is 0 Å². The first-order valence-electron chi connectivity index (χ1n) is 3.79. The van der Waals surface area contributed by atoms with E-state index in [0.29, 0.717) is 5.46 Å². The number of anilines is 1. The van der Waals surface area contributed by atoms with E-state index in [1.54, 1.807) is 19.2 Å². The maximum atomic E-state index is 8.86. The summed E-state index contributed by atoms with van der Waals surface area (Å²) in [6.45, 7) is 1.96. The summed E-state index contributed by atoms with van der Waals surface area (Å²) in [6.07, 6.45) is 0. The molecule has 0 saturated carbocycles. The van der Waals surface area contributed by atoms with E-state index in [-0.39, 0.29) is 0 Å². The van der Waals surface area contributed by atoms with Crippen molar-refractivity contribution < 1.29 is 10.0 Å². The SMILES string of the molecule is CNc1cc(B(O)O)ccc1C. The Morgan fingerprint density at radius 3 is 2.50 bits per heavy atom. The number of aryl methyl sites for hydroxylation is 1. The van der Waals surface area contributed by atoms with E-state index in [1.807, 2.05) is 13.0 Å². The van der Waals surface area contributed by atoms with Gasteiger partial charge in [-0.3, -0.25) is 0 Å². The van der Waals surface area contributed by atoms with Crippen molar-refractivity contribution in [1.82, 2.24) is 0 Å². The first-order valence-corrected chi connectivity index (χ1v) is 3.79. The Labute approximate surface area is 72.2 Å². The molecule has 3 nitrogen and oxygen atoms in total. The highest BCUT2D eigenvalue weighted by Gasteiger charge is 2.11. The average molecular weight is 165 g/mol. The fourth-order valence-electron chi connectivity index (χ4n) is 1.07. The van der Waals surface area contributed by atoms with Gasteiger partial charge in [-0.15, -0.1) is 0 Å². The Balaban J connectivity index is 3.05. The van der Waals surface area contributed by atoms with Gasteiger partial charge in [-0.1, -0.05) is 12.1 Å². The van der Waals surface area contributed by atoms with Gasteiger partial charge in [-0.05, 0) is 24.0 Å². The van der Waals surface area contributed by atoms with Crippen LogP contribution in [0.2, 0.25) is 0 Å². The summed E-state index contributed by atoms with van der Waals surface area (Å²) in [4.78, 5) is 0. The molecule has 0 unspecified atom stereocenters. The maximum absolute atomic E-state index is 8.86. The molecule has 1 rings (SSSR count). The Bertz CT molecular complexity index is 276. The second-order valence-corrected chi connectivity index (χ2v) is 2.70. The van der Waals surface area contributed by atoms with Crippen molar-refractivity contribution in [2.75, 3.05) is 12.4 Å². The summed E-state index contributed by atoms with van der Waals surface area (Å²) in [5.41, 5.74) is 2.51. The van der Waals surface area contributed by atoms with E-state index >= 15 is 0 Å². The second-order valence-electron chi connectivity index (χ2n) is 2.70. The first-order chi connectivity index (χ1) is 5.65. The molecule has 0 aromatic heterocycles. The summed E-state index contributed by atoms with van der Waals surface area (Å²) in [6, 6.07) is 5.27. The molecule has 64 valence electrons. The fraction of sp³-hybridized carbons (Fsp3) is 0.250. The van der Waals surface area contributed by atoms with Crippen molar-refractivity contribution in [1.29, 1.82) is 0 Å². The number of rotatable bonds is 2. The summed E-state index contributed by atoms with van der Waals surface area (Å²) < 4.78 is 0. The molecule has 0 amide bonds. The predicted octanol–water partition coefficient (Wildman–Crippen LogP) is -0.283. The van der Waals surface area contributed by atoms with Crippen LogP contribution in [0.4, 0.5) is 5.69 Å². The molecule has 12 heavy (non-hydrogen) atoms. The van der Waals surface area contributed by atoms with Crippen molar-refractivity contribution >= 4 is 18.3 Å². The van der Waals surface area contributed by atoms with Crippen LogP contribution in [0.3, 0.4) is 0 Å². The smallest absolute Gasteiger partial charge is 0.423 e. The second kappa shape index (κ2) is 3.60. The number of hydrogen-bond donors (Lipinski definition) is 3. The summed E-state index contributed by atoms with van der Waals surface area (Å²) >= 11 is 0. The van der Waals surface area contributed by atoms with Crippen LogP contribution in [-0.4, -0.2) is 24.2 Å². The van der Waals surface area contributed by atoms with Crippen molar-refractivity contribution in [2.45, 2.75) is 6.92 Å². The van der Waals surface area contributed by atoms with Crippen molar-refractivity contribution in [3.05, 3.63) is 23.8 Å². The zero-order valence-corrected chi connectivity index (χ0v) is 7.20. The molecular weight excluding hydrogens is 153 g/mol. The minimum absolute atomic E-state index is 0.505. The number of hydrogen-bond acceptors (Lipinski definition) is 3. The highest BCUT2D eigenvalue weighted by molar-refractivity contribution is 6.58. The Hall–Kier alpha value is -0.995. The zero-order valence-electron chi connectivity index (χ0n) is 7.20. The highest BCUT2D eigenvalue weighted by Crippen LogP contribution is 2.10. The van der Waals surface area contributed by atoms with E-state index < -0.39 is 7.12 Å². The number of benzene rings is 1. The van der Waals surface area contributed by atoms with E-state index in [2.05, 4.69) is 5.32 Å². The minimum atomic E-state index is -1.39. The van der Waals surface area contributed by atoms with Crippen LogP contribution in [0.15, 0.2) is 18.2 Å². The van der Waals surface area contributed by atoms with Crippen molar-refractivity contribution in [2.24, 2.45) is 0 Å². The molecule has 0 heterocycles. The molecule has 0 aliphatic heterocycles. The van der Waals surface area contributed by atoms with Crippen LogP contribution in [0.5, 0.6) is 0 Å². The lowest BCUT2D eigenvalue weighted by atomic mass is 9.80. The topological polar surface area (TPSA) is 52.5 Å². The predicted molar refractivity (Wildman–Crippen MR) is 50.6 cm³/mol. The van der Waals surface area contributed by atoms with Crippen LogP contribution < -0.4 is 10.8 Å². The lowest BCUT2D eigenvalue weighted by Crippen LogP contribution is -2.29. The first kappa shape index (κ1) is 9.10. The standard InChI is InChI=1S/C8H12BNO2/c1-6-3-4-7(9(11)12)5-8(6)10-2/h3-5,10-12H,1-2H3. The largest absolute Gasteiger partial charge is 0.488 e. The Kier molecular flexibility index (Phi) is 2.73. The lowest BCUT2D eigenvalue weighted by molar-refractivity contribution is 0.426. The lowest BCUT2D eigenvalue weighted by Gasteiger charge is -2.07. The van der Waals surface area contributed by atoms with Gasteiger partial charge in [0.25, 0.3) is 0 Å². The monoisotopic (exact) mass is 165 g/mol. The molecule has 0 saturated heterocycles. The Morgan fingerprint density at radius 2 is 2.00 bits per heavy atom. The molecule has 0 atom stereocenters. The van der Waals surface area contributed by atoms with Crippen LogP contribution in [-0.2, 0) is 0 Å². The van der Waals surface area contributed by atoms with Crippen LogP contribution in [0.25, 0.3) is 0 Å². The molecule has 0 bridgehead atoms. The van der Waals surface area contributed by atoms with Crippen LogP contribution >= 0.6 is 0 Å². The van der Waals surface area contributed by atoms with Crippen molar-refractivity contribution in [3.8, 4) is 0 Å². The molecule has 0 aliphatic carbocycles.